The highest BCUT2D eigenvalue weighted by molar-refractivity contribution is 7.99. The maximum absolute atomic E-state index is 11.9. The van der Waals surface area contributed by atoms with E-state index in [1.54, 1.807) is 19.2 Å². The Morgan fingerprint density at radius 1 is 1.04 bits per heavy atom. The third kappa shape index (κ3) is 6.15. The summed E-state index contributed by atoms with van der Waals surface area (Å²) in [5.74, 6) is 1.42. The number of hydrogen-bond donors (Lipinski definition) is 1. The van der Waals surface area contributed by atoms with E-state index < -0.39 is 0 Å². The van der Waals surface area contributed by atoms with Crippen LogP contribution >= 0.6 is 11.8 Å². The lowest BCUT2D eigenvalue weighted by Crippen LogP contribution is -2.24. The van der Waals surface area contributed by atoms with Gasteiger partial charge in [0.1, 0.15) is 5.75 Å². The summed E-state index contributed by atoms with van der Waals surface area (Å²) in [6.07, 6.45) is 0. The maximum atomic E-state index is 11.9. The van der Waals surface area contributed by atoms with Gasteiger partial charge < -0.3 is 14.8 Å². The zero-order valence-electron chi connectivity index (χ0n) is 14.3. The number of amides is 1. The zero-order chi connectivity index (χ0) is 18.1. The SMILES string of the molecule is COC(=O)c1cccc(CSCC(=O)NCc2ccc(OC)cc2)c1. The van der Waals surface area contributed by atoms with Crippen molar-refractivity contribution >= 4 is 23.6 Å². The summed E-state index contributed by atoms with van der Waals surface area (Å²) >= 11 is 1.50. The highest BCUT2D eigenvalue weighted by atomic mass is 32.2. The van der Waals surface area contributed by atoms with Crippen molar-refractivity contribution in [2.24, 2.45) is 0 Å². The van der Waals surface area contributed by atoms with Gasteiger partial charge in [-0.05, 0) is 35.4 Å². The molecule has 0 spiro atoms. The minimum absolute atomic E-state index is 0.0232. The lowest BCUT2D eigenvalue weighted by Gasteiger charge is -2.07. The van der Waals surface area contributed by atoms with Gasteiger partial charge in [0.2, 0.25) is 5.91 Å². The van der Waals surface area contributed by atoms with Crippen molar-refractivity contribution in [2.45, 2.75) is 12.3 Å². The van der Waals surface area contributed by atoms with Crippen LogP contribution in [0.3, 0.4) is 0 Å². The van der Waals surface area contributed by atoms with E-state index >= 15 is 0 Å². The molecular weight excluding hydrogens is 338 g/mol. The number of thioether (sulfide) groups is 1. The first-order valence-corrected chi connectivity index (χ1v) is 8.92. The van der Waals surface area contributed by atoms with E-state index in [4.69, 9.17) is 9.47 Å². The van der Waals surface area contributed by atoms with Gasteiger partial charge in [0, 0.05) is 12.3 Å². The summed E-state index contributed by atoms with van der Waals surface area (Å²) in [5.41, 5.74) is 2.52. The first kappa shape index (κ1) is 18.9. The van der Waals surface area contributed by atoms with Gasteiger partial charge in [0.25, 0.3) is 0 Å². The first-order chi connectivity index (χ1) is 12.1. The highest BCUT2D eigenvalue weighted by Crippen LogP contribution is 2.15. The van der Waals surface area contributed by atoms with Crippen molar-refractivity contribution in [3.63, 3.8) is 0 Å². The summed E-state index contributed by atoms with van der Waals surface area (Å²) in [6.45, 7) is 0.487. The van der Waals surface area contributed by atoms with Gasteiger partial charge in [-0.3, -0.25) is 4.79 Å². The van der Waals surface area contributed by atoms with E-state index in [9.17, 15) is 9.59 Å². The van der Waals surface area contributed by atoms with Gasteiger partial charge in [0.15, 0.2) is 0 Å². The number of nitrogens with one attached hydrogen (secondary N) is 1. The minimum atomic E-state index is -0.357. The summed E-state index contributed by atoms with van der Waals surface area (Å²) in [4.78, 5) is 23.4. The van der Waals surface area contributed by atoms with E-state index in [2.05, 4.69) is 5.32 Å². The van der Waals surface area contributed by atoms with E-state index in [0.29, 0.717) is 23.6 Å². The van der Waals surface area contributed by atoms with Crippen LogP contribution in [0.25, 0.3) is 0 Å². The standard InChI is InChI=1S/C19H21NO4S/c1-23-17-8-6-14(7-9-17)11-20-18(21)13-25-12-15-4-3-5-16(10-15)19(22)24-2/h3-10H,11-13H2,1-2H3,(H,20,21). The summed E-state index contributed by atoms with van der Waals surface area (Å²) < 4.78 is 9.81. The molecule has 0 fully saturated rings. The largest absolute Gasteiger partial charge is 0.497 e. The fourth-order valence-corrected chi connectivity index (χ4v) is 2.97. The molecule has 1 N–H and O–H groups in total. The number of esters is 1. The van der Waals surface area contributed by atoms with Crippen LogP contribution in [-0.4, -0.2) is 31.8 Å². The molecule has 25 heavy (non-hydrogen) atoms. The Kier molecular flexibility index (Phi) is 7.35. The van der Waals surface area contributed by atoms with Crippen LogP contribution in [0, 0.1) is 0 Å². The molecule has 0 aliphatic heterocycles. The molecular formula is C19H21NO4S. The van der Waals surface area contributed by atoms with Gasteiger partial charge in [0.05, 0.1) is 25.5 Å². The monoisotopic (exact) mass is 359 g/mol. The number of methoxy groups -OCH3 is 2. The number of ether oxygens (including phenoxy) is 2. The second-order valence-electron chi connectivity index (χ2n) is 5.31. The van der Waals surface area contributed by atoms with Crippen molar-refractivity contribution in [3.05, 3.63) is 65.2 Å². The molecule has 2 aromatic rings. The predicted octanol–water partition coefficient (Wildman–Crippen LogP) is 3.03. The molecule has 0 saturated carbocycles. The number of carbonyl (C=O) groups excluding carboxylic acids is 2. The Morgan fingerprint density at radius 3 is 2.48 bits per heavy atom. The van der Waals surface area contributed by atoms with E-state index in [1.807, 2.05) is 36.4 Å². The molecule has 0 heterocycles. The molecule has 6 heteroatoms. The molecule has 0 aliphatic carbocycles. The maximum Gasteiger partial charge on any atom is 0.337 e. The summed E-state index contributed by atoms with van der Waals surface area (Å²) in [6, 6.07) is 14.8. The van der Waals surface area contributed by atoms with Gasteiger partial charge in [-0.15, -0.1) is 11.8 Å². The van der Waals surface area contributed by atoms with Crippen LogP contribution in [-0.2, 0) is 21.8 Å². The van der Waals surface area contributed by atoms with Crippen LogP contribution in [0.4, 0.5) is 0 Å². The van der Waals surface area contributed by atoms with E-state index in [-0.39, 0.29) is 11.9 Å². The zero-order valence-corrected chi connectivity index (χ0v) is 15.1. The minimum Gasteiger partial charge on any atom is -0.497 e. The quantitative estimate of drug-likeness (QED) is 0.734. The van der Waals surface area contributed by atoms with Crippen molar-refractivity contribution in [2.75, 3.05) is 20.0 Å². The van der Waals surface area contributed by atoms with Gasteiger partial charge in [-0.1, -0.05) is 24.3 Å². The lowest BCUT2D eigenvalue weighted by atomic mass is 10.1. The normalized spacial score (nSPS) is 10.2. The number of benzene rings is 2. The Bertz CT molecular complexity index is 716. The fourth-order valence-electron chi connectivity index (χ4n) is 2.16. The van der Waals surface area contributed by atoms with Crippen molar-refractivity contribution in [1.29, 1.82) is 0 Å². The number of carbonyl (C=O) groups is 2. The molecule has 0 aliphatic rings. The van der Waals surface area contributed by atoms with Crippen LogP contribution in [0.5, 0.6) is 5.75 Å². The molecule has 132 valence electrons. The van der Waals surface area contributed by atoms with Crippen LogP contribution in [0.15, 0.2) is 48.5 Å². The Morgan fingerprint density at radius 2 is 1.80 bits per heavy atom. The molecule has 0 atom stereocenters. The van der Waals surface area contributed by atoms with Gasteiger partial charge in [-0.2, -0.15) is 0 Å². The molecule has 0 aromatic heterocycles. The Hall–Kier alpha value is -2.47. The highest BCUT2D eigenvalue weighted by Gasteiger charge is 2.07. The molecule has 0 radical (unpaired) electrons. The second kappa shape index (κ2) is 9.74. The Labute approximate surface area is 151 Å². The fraction of sp³-hybridized carbons (Fsp3) is 0.263. The molecule has 0 unspecified atom stereocenters. The molecule has 2 aromatic carbocycles. The molecule has 2 rings (SSSR count). The van der Waals surface area contributed by atoms with Crippen LogP contribution in [0.1, 0.15) is 21.5 Å². The molecule has 0 saturated heterocycles. The topological polar surface area (TPSA) is 64.6 Å². The second-order valence-corrected chi connectivity index (χ2v) is 6.30. The lowest BCUT2D eigenvalue weighted by molar-refractivity contribution is -0.118. The van der Waals surface area contributed by atoms with Crippen LogP contribution in [0.2, 0.25) is 0 Å². The van der Waals surface area contributed by atoms with Crippen molar-refractivity contribution in [1.82, 2.24) is 5.32 Å². The van der Waals surface area contributed by atoms with Gasteiger partial charge in [-0.25, -0.2) is 4.79 Å². The predicted molar refractivity (Wildman–Crippen MR) is 98.8 cm³/mol. The van der Waals surface area contributed by atoms with Crippen molar-refractivity contribution < 1.29 is 19.1 Å². The van der Waals surface area contributed by atoms with E-state index in [0.717, 1.165) is 16.9 Å². The third-order valence-corrected chi connectivity index (χ3v) is 4.50. The number of hydrogen-bond acceptors (Lipinski definition) is 5. The molecule has 1 amide bonds. The molecule has 0 bridgehead atoms. The summed E-state index contributed by atoms with van der Waals surface area (Å²) in [5, 5.41) is 2.89. The van der Waals surface area contributed by atoms with Crippen molar-refractivity contribution in [3.8, 4) is 5.75 Å². The first-order valence-electron chi connectivity index (χ1n) is 7.77. The Balaban J connectivity index is 1.74. The average Bonchev–Trinajstić information content (AvgIpc) is 2.66. The smallest absolute Gasteiger partial charge is 0.337 e. The summed E-state index contributed by atoms with van der Waals surface area (Å²) in [7, 11) is 2.98. The van der Waals surface area contributed by atoms with Gasteiger partial charge >= 0.3 is 5.97 Å². The number of rotatable bonds is 8. The van der Waals surface area contributed by atoms with E-state index in [1.165, 1.54) is 18.9 Å². The average molecular weight is 359 g/mol. The van der Waals surface area contributed by atoms with Crippen LogP contribution < -0.4 is 10.1 Å². The third-order valence-electron chi connectivity index (χ3n) is 3.50. The molecule has 5 nitrogen and oxygen atoms in total.